The lowest BCUT2D eigenvalue weighted by molar-refractivity contribution is -0.0802. The number of carbonyl (C=O) groups excluding carboxylic acids is 1. The Balaban J connectivity index is 1.33. The molecule has 0 spiro atoms. The summed E-state index contributed by atoms with van der Waals surface area (Å²) in [5, 5.41) is 1.81. The van der Waals surface area contributed by atoms with Crippen LogP contribution in [0.5, 0.6) is 5.75 Å². The first-order valence-electron chi connectivity index (χ1n) is 8.18. The number of amides is 1. The third-order valence-corrected chi connectivity index (χ3v) is 5.20. The number of nitrogens with zero attached hydrogens (tertiary/aromatic N) is 3. The average Bonchev–Trinajstić information content (AvgIpc) is 3.30. The average molecular weight is 345 g/mol. The summed E-state index contributed by atoms with van der Waals surface area (Å²) in [6, 6.07) is 3.91. The lowest BCUT2D eigenvalue weighted by Crippen LogP contribution is -2.46. The Morgan fingerprint density at radius 3 is 3.17 bits per heavy atom. The SMILES string of the molecule is O=C(c1cscn1)N1CC[C@@H]2O[C@@H](COc3cccnc3)CC[C@@H]21. The topological polar surface area (TPSA) is 64.6 Å². The maximum atomic E-state index is 12.5. The van der Waals surface area contributed by atoms with Crippen LogP contribution in [0, 0.1) is 0 Å². The van der Waals surface area contributed by atoms with Gasteiger partial charge in [-0.2, -0.15) is 0 Å². The van der Waals surface area contributed by atoms with Gasteiger partial charge in [0.05, 0.1) is 30.0 Å². The summed E-state index contributed by atoms with van der Waals surface area (Å²) >= 11 is 1.45. The maximum Gasteiger partial charge on any atom is 0.273 e. The Hall–Kier alpha value is -1.99. The molecule has 2 saturated heterocycles. The van der Waals surface area contributed by atoms with E-state index in [1.807, 2.05) is 22.4 Å². The molecule has 2 aliphatic rings. The van der Waals surface area contributed by atoms with E-state index in [0.717, 1.165) is 31.6 Å². The first-order chi connectivity index (χ1) is 11.8. The zero-order valence-electron chi connectivity index (χ0n) is 13.2. The third kappa shape index (κ3) is 3.14. The highest BCUT2D eigenvalue weighted by molar-refractivity contribution is 7.07. The number of carbonyl (C=O) groups is 1. The van der Waals surface area contributed by atoms with Gasteiger partial charge in [0.15, 0.2) is 0 Å². The maximum absolute atomic E-state index is 12.5. The third-order valence-electron chi connectivity index (χ3n) is 4.62. The molecule has 126 valence electrons. The molecular weight excluding hydrogens is 326 g/mol. The van der Waals surface area contributed by atoms with Crippen molar-refractivity contribution in [2.45, 2.75) is 37.5 Å². The highest BCUT2D eigenvalue weighted by atomic mass is 32.1. The normalized spacial score (nSPS) is 26.2. The number of hydrogen-bond acceptors (Lipinski definition) is 6. The van der Waals surface area contributed by atoms with Crippen molar-refractivity contribution >= 4 is 17.2 Å². The summed E-state index contributed by atoms with van der Waals surface area (Å²) in [5.74, 6) is 0.785. The van der Waals surface area contributed by atoms with Crippen LogP contribution in [0.25, 0.3) is 0 Å². The largest absolute Gasteiger partial charge is 0.489 e. The van der Waals surface area contributed by atoms with Crippen molar-refractivity contribution in [3.63, 3.8) is 0 Å². The summed E-state index contributed by atoms with van der Waals surface area (Å²) in [4.78, 5) is 22.6. The second-order valence-corrected chi connectivity index (χ2v) is 6.82. The van der Waals surface area contributed by atoms with Crippen LogP contribution in [0.1, 0.15) is 29.8 Å². The molecule has 2 aromatic heterocycles. The lowest BCUT2D eigenvalue weighted by Gasteiger charge is -2.35. The molecule has 2 aromatic rings. The second kappa shape index (κ2) is 6.86. The molecule has 0 bridgehead atoms. The molecule has 3 atom stereocenters. The summed E-state index contributed by atoms with van der Waals surface area (Å²) in [7, 11) is 0. The van der Waals surface area contributed by atoms with Gasteiger partial charge in [-0.15, -0.1) is 11.3 Å². The number of rotatable bonds is 4. The van der Waals surface area contributed by atoms with Crippen molar-refractivity contribution in [3.8, 4) is 5.75 Å². The quantitative estimate of drug-likeness (QED) is 0.851. The first-order valence-corrected chi connectivity index (χ1v) is 9.13. The van der Waals surface area contributed by atoms with Crippen LogP contribution in [0.4, 0.5) is 0 Å². The van der Waals surface area contributed by atoms with Crippen molar-refractivity contribution in [1.29, 1.82) is 0 Å². The van der Waals surface area contributed by atoms with Crippen LogP contribution < -0.4 is 4.74 Å². The Morgan fingerprint density at radius 1 is 1.42 bits per heavy atom. The fourth-order valence-corrected chi connectivity index (χ4v) is 3.99. The fraction of sp³-hybridized carbons (Fsp3) is 0.471. The molecule has 0 N–H and O–H groups in total. The van der Waals surface area contributed by atoms with E-state index in [1.165, 1.54) is 11.3 Å². The highest BCUT2D eigenvalue weighted by Crippen LogP contribution is 2.32. The highest BCUT2D eigenvalue weighted by Gasteiger charge is 2.42. The number of pyridine rings is 1. The van der Waals surface area contributed by atoms with E-state index >= 15 is 0 Å². The van der Waals surface area contributed by atoms with Gasteiger partial charge < -0.3 is 14.4 Å². The van der Waals surface area contributed by atoms with E-state index in [9.17, 15) is 4.79 Å². The van der Waals surface area contributed by atoms with Gasteiger partial charge in [0.2, 0.25) is 0 Å². The van der Waals surface area contributed by atoms with Gasteiger partial charge >= 0.3 is 0 Å². The number of fused-ring (bicyclic) bond motifs is 1. The van der Waals surface area contributed by atoms with E-state index in [1.54, 1.807) is 17.9 Å². The second-order valence-electron chi connectivity index (χ2n) is 6.10. The van der Waals surface area contributed by atoms with E-state index < -0.39 is 0 Å². The Labute approximate surface area is 144 Å². The van der Waals surface area contributed by atoms with Crippen LogP contribution >= 0.6 is 11.3 Å². The molecule has 0 aliphatic carbocycles. The van der Waals surface area contributed by atoms with Gasteiger partial charge in [0.1, 0.15) is 18.1 Å². The van der Waals surface area contributed by atoms with Gasteiger partial charge in [-0.05, 0) is 31.4 Å². The number of likely N-dealkylation sites (tertiary alicyclic amines) is 1. The zero-order valence-corrected chi connectivity index (χ0v) is 14.0. The zero-order chi connectivity index (χ0) is 16.4. The molecule has 0 radical (unpaired) electrons. The monoisotopic (exact) mass is 345 g/mol. The van der Waals surface area contributed by atoms with Crippen LogP contribution in [-0.2, 0) is 4.74 Å². The summed E-state index contributed by atoms with van der Waals surface area (Å²) in [6.45, 7) is 1.26. The smallest absolute Gasteiger partial charge is 0.273 e. The van der Waals surface area contributed by atoms with Gasteiger partial charge in [0, 0.05) is 18.1 Å². The van der Waals surface area contributed by atoms with Crippen LogP contribution in [-0.4, -0.2) is 52.2 Å². The van der Waals surface area contributed by atoms with Crippen LogP contribution in [0.2, 0.25) is 0 Å². The predicted molar refractivity (Wildman–Crippen MR) is 89.2 cm³/mol. The molecule has 0 unspecified atom stereocenters. The van der Waals surface area contributed by atoms with Crippen molar-refractivity contribution in [2.75, 3.05) is 13.2 Å². The van der Waals surface area contributed by atoms with Crippen LogP contribution in [0.15, 0.2) is 35.4 Å². The van der Waals surface area contributed by atoms with E-state index in [0.29, 0.717) is 12.3 Å². The summed E-state index contributed by atoms with van der Waals surface area (Å²) in [5.41, 5.74) is 2.24. The number of thiazole rings is 1. The van der Waals surface area contributed by atoms with Crippen molar-refractivity contribution in [1.82, 2.24) is 14.9 Å². The molecule has 7 heteroatoms. The minimum Gasteiger partial charge on any atom is -0.489 e. The molecule has 24 heavy (non-hydrogen) atoms. The first kappa shape index (κ1) is 15.5. The molecule has 4 rings (SSSR count). The minimum atomic E-state index is 0.0254. The van der Waals surface area contributed by atoms with E-state index in [4.69, 9.17) is 9.47 Å². The van der Waals surface area contributed by atoms with Crippen LogP contribution in [0.3, 0.4) is 0 Å². The van der Waals surface area contributed by atoms with Gasteiger partial charge in [-0.25, -0.2) is 4.98 Å². The molecule has 1 amide bonds. The molecule has 2 aliphatic heterocycles. The summed E-state index contributed by atoms with van der Waals surface area (Å²) in [6.07, 6.45) is 6.31. The van der Waals surface area contributed by atoms with Gasteiger partial charge in [-0.3, -0.25) is 9.78 Å². The fourth-order valence-electron chi connectivity index (χ4n) is 3.46. The van der Waals surface area contributed by atoms with Crippen molar-refractivity contribution < 1.29 is 14.3 Å². The number of hydrogen-bond donors (Lipinski definition) is 0. The molecule has 0 saturated carbocycles. The molecule has 6 nitrogen and oxygen atoms in total. The van der Waals surface area contributed by atoms with Crippen molar-refractivity contribution in [2.24, 2.45) is 0 Å². The van der Waals surface area contributed by atoms with E-state index in [2.05, 4.69) is 9.97 Å². The lowest BCUT2D eigenvalue weighted by atomic mass is 9.99. The van der Waals surface area contributed by atoms with Gasteiger partial charge in [0.25, 0.3) is 5.91 Å². The molecule has 4 heterocycles. The molecule has 2 fully saturated rings. The molecular formula is C17H19N3O3S. The van der Waals surface area contributed by atoms with Gasteiger partial charge in [-0.1, -0.05) is 0 Å². The Kier molecular flexibility index (Phi) is 4.44. The predicted octanol–water partition coefficient (Wildman–Crippen LogP) is 2.38. The molecule has 0 aromatic carbocycles. The Morgan fingerprint density at radius 2 is 2.38 bits per heavy atom. The minimum absolute atomic E-state index is 0.0254. The van der Waals surface area contributed by atoms with Crippen molar-refractivity contribution in [3.05, 3.63) is 41.1 Å². The number of aromatic nitrogens is 2. The standard InChI is InChI=1S/C17H19N3O3S/c21-17(14-10-24-11-19-14)20-7-5-16-15(20)4-3-13(23-16)9-22-12-2-1-6-18-8-12/h1-2,6,8,10-11,13,15-16H,3-5,7,9H2/t13-,15+,16+/m1/s1. The number of ether oxygens (including phenoxy) is 2. The summed E-state index contributed by atoms with van der Waals surface area (Å²) < 4.78 is 11.9. The van der Waals surface area contributed by atoms with E-state index in [-0.39, 0.29) is 24.2 Å². The Bertz CT molecular complexity index is 680.